The van der Waals surface area contributed by atoms with Gasteiger partial charge in [-0.25, -0.2) is 0 Å². The summed E-state index contributed by atoms with van der Waals surface area (Å²) in [4.78, 5) is 15.6. The minimum atomic E-state index is -0.0143. The van der Waals surface area contributed by atoms with Crippen LogP contribution < -0.4 is 10.6 Å². The highest BCUT2D eigenvalue weighted by Gasteiger charge is 2.23. The van der Waals surface area contributed by atoms with Crippen molar-refractivity contribution in [2.75, 3.05) is 31.8 Å². The molecule has 0 saturated heterocycles. The minimum Gasteiger partial charge on any atom is -0.397 e. The van der Waals surface area contributed by atoms with Gasteiger partial charge in [0.15, 0.2) is 0 Å². The number of nitrogen functional groups attached to an aromatic ring is 1. The highest BCUT2D eigenvalue weighted by atomic mass is 16.2. The van der Waals surface area contributed by atoms with Crippen LogP contribution in [0.1, 0.15) is 29.6 Å². The predicted molar refractivity (Wildman–Crippen MR) is 74.9 cm³/mol. The number of benzene rings is 1. The van der Waals surface area contributed by atoms with Crippen molar-refractivity contribution < 1.29 is 4.79 Å². The molecule has 1 aromatic carbocycles. The van der Waals surface area contributed by atoms with Crippen LogP contribution >= 0.6 is 0 Å². The zero-order valence-electron chi connectivity index (χ0n) is 11.3. The summed E-state index contributed by atoms with van der Waals surface area (Å²) in [7, 11) is 5.56. The molecule has 0 aliphatic heterocycles. The molecule has 4 heteroatoms. The molecule has 0 heterocycles. The fraction of sp³-hybridized carbons (Fsp3) is 0.500. The Bertz CT molecular complexity index is 452. The van der Waals surface area contributed by atoms with Crippen molar-refractivity contribution in [3.8, 4) is 0 Å². The molecule has 98 valence electrons. The molecule has 1 fully saturated rings. The van der Waals surface area contributed by atoms with Crippen molar-refractivity contribution in [3.05, 3.63) is 23.8 Å². The van der Waals surface area contributed by atoms with Crippen LogP contribution in [0.3, 0.4) is 0 Å². The third-order valence-corrected chi connectivity index (χ3v) is 3.68. The highest BCUT2D eigenvalue weighted by molar-refractivity contribution is 5.95. The molecule has 0 unspecified atom stereocenters. The molecule has 0 radical (unpaired) electrons. The predicted octanol–water partition coefficient (Wildman–Crippen LogP) is 1.96. The molecular formula is C14H21N3O. The van der Waals surface area contributed by atoms with Crippen molar-refractivity contribution in [2.45, 2.75) is 25.3 Å². The van der Waals surface area contributed by atoms with Gasteiger partial charge in [0, 0.05) is 32.7 Å². The number of nitrogens with zero attached hydrogens (tertiary/aromatic N) is 2. The molecule has 0 bridgehead atoms. The van der Waals surface area contributed by atoms with Gasteiger partial charge < -0.3 is 15.5 Å². The first-order valence-electron chi connectivity index (χ1n) is 6.34. The van der Waals surface area contributed by atoms with Crippen LogP contribution in [0.15, 0.2) is 18.2 Å². The van der Waals surface area contributed by atoms with E-state index in [1.54, 1.807) is 25.1 Å². The van der Waals surface area contributed by atoms with E-state index in [1.807, 2.05) is 12.1 Å². The minimum absolute atomic E-state index is 0.0143. The van der Waals surface area contributed by atoms with Crippen molar-refractivity contribution in [3.63, 3.8) is 0 Å². The van der Waals surface area contributed by atoms with E-state index in [-0.39, 0.29) is 5.91 Å². The maximum Gasteiger partial charge on any atom is 0.253 e. The zero-order valence-corrected chi connectivity index (χ0v) is 11.3. The van der Waals surface area contributed by atoms with Gasteiger partial charge in [-0.3, -0.25) is 4.79 Å². The fourth-order valence-corrected chi connectivity index (χ4v) is 2.24. The summed E-state index contributed by atoms with van der Waals surface area (Å²) in [6.07, 6.45) is 3.76. The highest BCUT2D eigenvalue weighted by Crippen LogP contribution is 2.32. The summed E-state index contributed by atoms with van der Waals surface area (Å²) in [5.74, 6) is -0.0143. The van der Waals surface area contributed by atoms with E-state index in [4.69, 9.17) is 5.73 Å². The average Bonchev–Trinajstić information content (AvgIpc) is 2.25. The van der Waals surface area contributed by atoms with Crippen LogP contribution in [0.2, 0.25) is 0 Å². The molecule has 18 heavy (non-hydrogen) atoms. The standard InChI is InChI=1S/C14H21N3O/c1-16(2)14(18)10-7-8-13(12(15)9-10)17(3)11-5-4-6-11/h7-9,11H,4-6,15H2,1-3H3. The van der Waals surface area contributed by atoms with E-state index in [9.17, 15) is 4.79 Å². The number of anilines is 2. The van der Waals surface area contributed by atoms with E-state index in [0.717, 1.165) is 5.69 Å². The topological polar surface area (TPSA) is 49.6 Å². The van der Waals surface area contributed by atoms with Gasteiger partial charge in [0.2, 0.25) is 0 Å². The summed E-state index contributed by atoms with van der Waals surface area (Å²) >= 11 is 0. The van der Waals surface area contributed by atoms with Crippen molar-refractivity contribution in [1.82, 2.24) is 4.90 Å². The molecule has 0 atom stereocenters. The largest absolute Gasteiger partial charge is 0.397 e. The Kier molecular flexibility index (Phi) is 3.45. The summed E-state index contributed by atoms with van der Waals surface area (Å²) < 4.78 is 0. The number of carbonyl (C=O) groups is 1. The Balaban J connectivity index is 2.21. The SMILES string of the molecule is CN(C)C(=O)c1ccc(N(C)C2CCC2)c(N)c1. The van der Waals surface area contributed by atoms with Gasteiger partial charge in [0.1, 0.15) is 0 Å². The molecule has 2 N–H and O–H groups in total. The maximum atomic E-state index is 11.8. The lowest BCUT2D eigenvalue weighted by atomic mass is 9.91. The lowest BCUT2D eigenvalue weighted by Crippen LogP contribution is -2.37. The Morgan fingerprint density at radius 3 is 2.39 bits per heavy atom. The molecule has 0 aromatic heterocycles. The molecule has 1 aromatic rings. The van der Waals surface area contributed by atoms with E-state index >= 15 is 0 Å². The van der Waals surface area contributed by atoms with Crippen molar-refractivity contribution in [2.24, 2.45) is 0 Å². The van der Waals surface area contributed by atoms with Gasteiger partial charge >= 0.3 is 0 Å². The molecular weight excluding hydrogens is 226 g/mol. The van der Waals surface area contributed by atoms with Gasteiger partial charge in [-0.1, -0.05) is 0 Å². The molecule has 0 spiro atoms. The van der Waals surface area contributed by atoms with Crippen LogP contribution in [-0.2, 0) is 0 Å². The third kappa shape index (κ3) is 2.28. The fourth-order valence-electron chi connectivity index (χ4n) is 2.24. The van der Waals surface area contributed by atoms with Crippen LogP contribution in [0.25, 0.3) is 0 Å². The number of nitrogens with two attached hydrogens (primary N) is 1. The maximum absolute atomic E-state index is 11.8. The number of hydrogen-bond acceptors (Lipinski definition) is 3. The summed E-state index contributed by atoms with van der Waals surface area (Å²) in [5, 5.41) is 0. The number of rotatable bonds is 3. The molecule has 4 nitrogen and oxygen atoms in total. The lowest BCUT2D eigenvalue weighted by Gasteiger charge is -2.37. The summed E-state index contributed by atoms with van der Waals surface area (Å²) in [6.45, 7) is 0. The summed E-state index contributed by atoms with van der Waals surface area (Å²) in [5.41, 5.74) is 8.41. The Morgan fingerprint density at radius 2 is 1.94 bits per heavy atom. The van der Waals surface area contributed by atoms with E-state index in [2.05, 4.69) is 11.9 Å². The quantitative estimate of drug-likeness (QED) is 0.831. The first kappa shape index (κ1) is 12.7. The molecule has 1 aliphatic rings. The molecule has 1 saturated carbocycles. The van der Waals surface area contributed by atoms with Gasteiger partial charge in [0.25, 0.3) is 5.91 Å². The summed E-state index contributed by atoms with van der Waals surface area (Å²) in [6, 6.07) is 6.17. The van der Waals surface area contributed by atoms with Gasteiger partial charge in [-0.2, -0.15) is 0 Å². The van der Waals surface area contributed by atoms with Crippen LogP contribution in [0, 0.1) is 0 Å². The Labute approximate surface area is 108 Å². The average molecular weight is 247 g/mol. The molecule has 1 aliphatic carbocycles. The van der Waals surface area contributed by atoms with Gasteiger partial charge in [-0.05, 0) is 37.5 Å². The van der Waals surface area contributed by atoms with E-state index in [0.29, 0.717) is 17.3 Å². The van der Waals surface area contributed by atoms with Crippen LogP contribution in [-0.4, -0.2) is 38.0 Å². The second-order valence-electron chi connectivity index (χ2n) is 5.17. The van der Waals surface area contributed by atoms with Crippen LogP contribution in [0.4, 0.5) is 11.4 Å². The number of carbonyl (C=O) groups excluding carboxylic acids is 1. The van der Waals surface area contributed by atoms with Crippen molar-refractivity contribution >= 4 is 17.3 Å². The number of hydrogen-bond donors (Lipinski definition) is 1. The van der Waals surface area contributed by atoms with E-state index in [1.165, 1.54) is 19.3 Å². The second-order valence-corrected chi connectivity index (χ2v) is 5.17. The Morgan fingerprint density at radius 1 is 1.28 bits per heavy atom. The number of amides is 1. The van der Waals surface area contributed by atoms with Crippen molar-refractivity contribution in [1.29, 1.82) is 0 Å². The zero-order chi connectivity index (χ0) is 13.3. The monoisotopic (exact) mass is 247 g/mol. The van der Waals surface area contributed by atoms with Gasteiger partial charge in [0.05, 0.1) is 11.4 Å². The third-order valence-electron chi connectivity index (χ3n) is 3.68. The van der Waals surface area contributed by atoms with Gasteiger partial charge in [-0.15, -0.1) is 0 Å². The molecule has 1 amide bonds. The Hall–Kier alpha value is -1.71. The van der Waals surface area contributed by atoms with Crippen LogP contribution in [0.5, 0.6) is 0 Å². The normalized spacial score (nSPS) is 15.1. The first-order chi connectivity index (χ1) is 8.50. The first-order valence-corrected chi connectivity index (χ1v) is 6.34. The van der Waals surface area contributed by atoms with E-state index < -0.39 is 0 Å². The second kappa shape index (κ2) is 4.88. The smallest absolute Gasteiger partial charge is 0.253 e. The lowest BCUT2D eigenvalue weighted by molar-refractivity contribution is 0.0827. The molecule has 2 rings (SSSR count).